The second-order valence-electron chi connectivity index (χ2n) is 7.34. The summed E-state index contributed by atoms with van der Waals surface area (Å²) < 4.78 is 2.21. The minimum atomic E-state index is -1.82. The van der Waals surface area contributed by atoms with E-state index in [0.29, 0.717) is 0 Å². The first kappa shape index (κ1) is 15.8. The Kier molecular flexibility index (Phi) is 3.42. The molecule has 2 nitrogen and oxygen atoms in total. The van der Waals surface area contributed by atoms with Gasteiger partial charge in [0.2, 0.25) is 5.69 Å². The normalized spacial score (nSPS) is 13.9. The molecule has 3 heteroatoms. The molecule has 25 heavy (non-hydrogen) atoms. The molecular weight excluding hydrogens is 320 g/mol. The maximum Gasteiger partial charge on any atom is 0.212 e. The van der Waals surface area contributed by atoms with Crippen LogP contribution in [0.1, 0.15) is 5.56 Å². The maximum atomic E-state index is 7.36. The minimum Gasteiger partial charge on any atom is -0.238 e. The topological polar surface area (TPSA) is 8.24 Å². The van der Waals surface area contributed by atoms with Crippen LogP contribution in [-0.4, -0.2) is 8.07 Å². The van der Waals surface area contributed by atoms with Crippen molar-refractivity contribution in [2.75, 3.05) is 0 Å². The molecule has 0 saturated carbocycles. The average molecular weight is 342 g/mol. The minimum absolute atomic E-state index is 0.726. The van der Waals surface area contributed by atoms with Crippen molar-refractivity contribution in [3.05, 3.63) is 71.7 Å². The van der Waals surface area contributed by atoms with Gasteiger partial charge in [-0.15, -0.1) is 0 Å². The van der Waals surface area contributed by atoms with Crippen molar-refractivity contribution in [1.29, 1.82) is 0 Å². The van der Waals surface area contributed by atoms with Crippen LogP contribution in [0.2, 0.25) is 13.1 Å². The summed E-state index contributed by atoms with van der Waals surface area (Å²) in [6.45, 7) is 14.4. The Bertz CT molecular complexity index is 1060. The van der Waals surface area contributed by atoms with E-state index in [9.17, 15) is 0 Å². The van der Waals surface area contributed by atoms with Gasteiger partial charge >= 0.3 is 0 Å². The van der Waals surface area contributed by atoms with Crippen molar-refractivity contribution < 1.29 is 4.57 Å². The Morgan fingerprint density at radius 2 is 1.80 bits per heavy atom. The van der Waals surface area contributed by atoms with Gasteiger partial charge in [-0.25, -0.2) is 9.41 Å². The van der Waals surface area contributed by atoms with E-state index in [0.717, 1.165) is 5.69 Å². The molecule has 1 aliphatic heterocycles. The lowest BCUT2D eigenvalue weighted by Gasteiger charge is -2.22. The highest BCUT2D eigenvalue weighted by Crippen LogP contribution is 2.35. The fraction of sp³-hybridized carbons (Fsp3) is 0.182. The van der Waals surface area contributed by atoms with E-state index in [1.54, 1.807) is 0 Å². The molecule has 1 aliphatic rings. The summed E-state index contributed by atoms with van der Waals surface area (Å²) in [5.74, 6) is 0. The third kappa shape index (κ3) is 2.18. The molecule has 0 spiro atoms. The van der Waals surface area contributed by atoms with Crippen LogP contribution < -0.4 is 14.9 Å². The number of aryl methyl sites for hydroxylation is 2. The molecule has 1 aromatic heterocycles. The van der Waals surface area contributed by atoms with Crippen LogP contribution in [0, 0.1) is 13.5 Å². The molecule has 0 unspecified atom stereocenters. The van der Waals surface area contributed by atoms with Crippen molar-refractivity contribution in [3.8, 4) is 22.4 Å². The summed E-state index contributed by atoms with van der Waals surface area (Å²) in [5.41, 5.74) is 7.26. The third-order valence-corrected chi connectivity index (χ3v) is 9.00. The van der Waals surface area contributed by atoms with E-state index < -0.39 is 8.07 Å². The molecule has 0 fully saturated rings. The zero-order valence-corrected chi connectivity index (χ0v) is 16.1. The van der Waals surface area contributed by atoms with E-state index in [2.05, 4.69) is 85.1 Å². The number of pyridine rings is 1. The van der Waals surface area contributed by atoms with Gasteiger partial charge in [0.1, 0.15) is 15.1 Å². The first-order chi connectivity index (χ1) is 11.9. The Labute approximate surface area is 150 Å². The van der Waals surface area contributed by atoms with Crippen LogP contribution in [0.25, 0.3) is 27.2 Å². The first-order valence-electron chi connectivity index (χ1n) is 8.56. The average Bonchev–Trinajstić information content (AvgIpc) is 2.83. The monoisotopic (exact) mass is 341 g/mol. The van der Waals surface area contributed by atoms with Crippen molar-refractivity contribution in [3.63, 3.8) is 0 Å². The summed E-state index contributed by atoms with van der Waals surface area (Å²) >= 11 is 0. The molecule has 2 heterocycles. The second kappa shape index (κ2) is 5.40. The van der Waals surface area contributed by atoms with Crippen molar-refractivity contribution in [1.82, 2.24) is 0 Å². The Balaban J connectivity index is 2.11. The molecule has 4 rings (SSSR count). The van der Waals surface area contributed by atoms with Gasteiger partial charge in [-0.05, 0) is 46.1 Å². The molecule has 0 amide bonds. The predicted molar refractivity (Wildman–Crippen MR) is 106 cm³/mol. The standard InChI is InChI=1S/C22H21N2Si/c1-15-9-11-17-18-14-16(23-2)10-12-20(18)25(4,5)22(17)21(15)19-8-6-7-13-24(19)3/h6-14H,1,3-5H3/q+1. The molecule has 0 radical (unpaired) electrons. The van der Waals surface area contributed by atoms with Crippen LogP contribution in [0.5, 0.6) is 0 Å². The number of nitrogens with zero attached hydrogens (tertiary/aromatic N) is 2. The van der Waals surface area contributed by atoms with Crippen LogP contribution >= 0.6 is 0 Å². The molecular formula is C22H21N2Si+. The van der Waals surface area contributed by atoms with Gasteiger partial charge in [-0.1, -0.05) is 37.4 Å². The zero-order chi connectivity index (χ0) is 17.8. The molecule has 0 atom stereocenters. The van der Waals surface area contributed by atoms with Gasteiger partial charge in [0.05, 0.1) is 6.57 Å². The molecule has 2 aromatic carbocycles. The first-order valence-corrected chi connectivity index (χ1v) is 11.6. The summed E-state index contributed by atoms with van der Waals surface area (Å²) in [5, 5.41) is 2.95. The predicted octanol–water partition coefficient (Wildman–Crippen LogP) is 3.84. The van der Waals surface area contributed by atoms with E-state index in [4.69, 9.17) is 6.57 Å². The lowest BCUT2D eigenvalue weighted by atomic mass is 9.97. The van der Waals surface area contributed by atoms with Crippen molar-refractivity contribution in [2.45, 2.75) is 20.0 Å². The van der Waals surface area contributed by atoms with Gasteiger partial charge in [0, 0.05) is 17.7 Å². The number of aromatic nitrogens is 1. The highest BCUT2D eigenvalue weighted by molar-refractivity contribution is 7.04. The number of benzene rings is 2. The number of fused-ring (bicyclic) bond motifs is 3. The van der Waals surface area contributed by atoms with Gasteiger partial charge in [0.15, 0.2) is 11.9 Å². The van der Waals surface area contributed by atoms with Gasteiger partial charge in [-0.2, -0.15) is 0 Å². The quantitative estimate of drug-likeness (QED) is 0.361. The highest BCUT2D eigenvalue weighted by Gasteiger charge is 2.41. The van der Waals surface area contributed by atoms with Gasteiger partial charge in [-0.3, -0.25) is 0 Å². The smallest absolute Gasteiger partial charge is 0.212 e. The summed E-state index contributed by atoms with van der Waals surface area (Å²) in [7, 11) is 0.298. The molecule has 0 bridgehead atoms. The lowest BCUT2D eigenvalue weighted by Crippen LogP contribution is -2.51. The maximum absolute atomic E-state index is 7.36. The Hall–Kier alpha value is -2.70. The van der Waals surface area contributed by atoms with Crippen LogP contribution in [0.3, 0.4) is 0 Å². The fourth-order valence-corrected chi connectivity index (χ4v) is 7.69. The van der Waals surface area contributed by atoms with E-state index in [-0.39, 0.29) is 0 Å². The number of rotatable bonds is 1. The molecule has 122 valence electrons. The second-order valence-corrected chi connectivity index (χ2v) is 11.6. The van der Waals surface area contributed by atoms with E-state index in [1.165, 1.54) is 38.3 Å². The number of hydrogen-bond acceptors (Lipinski definition) is 0. The number of hydrogen-bond donors (Lipinski definition) is 0. The van der Waals surface area contributed by atoms with Crippen LogP contribution in [0.15, 0.2) is 54.7 Å². The van der Waals surface area contributed by atoms with Crippen molar-refractivity contribution in [2.24, 2.45) is 7.05 Å². The highest BCUT2D eigenvalue weighted by atomic mass is 28.3. The SMILES string of the molecule is [C-]#[N+]c1ccc2c(c1)-c1ccc(C)c(-c3cccc[n+]3C)c1[Si]2(C)C. The molecule has 0 aliphatic carbocycles. The van der Waals surface area contributed by atoms with Crippen LogP contribution in [0.4, 0.5) is 5.69 Å². The summed E-state index contributed by atoms with van der Waals surface area (Å²) in [6, 6.07) is 17.1. The van der Waals surface area contributed by atoms with E-state index >= 15 is 0 Å². The molecule has 0 saturated heterocycles. The lowest BCUT2D eigenvalue weighted by molar-refractivity contribution is -0.660. The third-order valence-electron chi connectivity index (χ3n) is 5.45. The van der Waals surface area contributed by atoms with Crippen LogP contribution in [-0.2, 0) is 7.05 Å². The Morgan fingerprint density at radius 3 is 2.52 bits per heavy atom. The van der Waals surface area contributed by atoms with Crippen molar-refractivity contribution >= 4 is 24.1 Å². The fourth-order valence-electron chi connectivity index (χ4n) is 4.20. The van der Waals surface area contributed by atoms with Gasteiger partial charge < -0.3 is 0 Å². The largest absolute Gasteiger partial charge is 0.238 e. The van der Waals surface area contributed by atoms with E-state index in [1.807, 2.05) is 6.07 Å². The zero-order valence-electron chi connectivity index (χ0n) is 15.1. The summed E-state index contributed by atoms with van der Waals surface area (Å²) in [6.07, 6.45) is 2.11. The molecule has 0 N–H and O–H groups in total. The van der Waals surface area contributed by atoms with Gasteiger partial charge in [0.25, 0.3) is 0 Å². The Morgan fingerprint density at radius 1 is 1.00 bits per heavy atom. The summed E-state index contributed by atoms with van der Waals surface area (Å²) in [4.78, 5) is 3.64. The molecule has 3 aromatic rings.